The number of anilines is 2. The fourth-order valence-corrected chi connectivity index (χ4v) is 3.32. The van der Waals surface area contributed by atoms with E-state index in [1.54, 1.807) is 11.3 Å². The molecule has 2 N–H and O–H groups in total. The Kier molecular flexibility index (Phi) is 4.29. The highest BCUT2D eigenvalue weighted by Crippen LogP contribution is 2.30. The molecule has 1 amide bonds. The minimum atomic E-state index is -0.115. The Morgan fingerprint density at radius 1 is 1.45 bits per heavy atom. The SMILES string of the molecule is CC(C)Cc1ncc(CNc2ccc3c(c2)OCC(=O)N3)s1. The van der Waals surface area contributed by atoms with Crippen molar-refractivity contribution in [3.05, 3.63) is 34.3 Å². The summed E-state index contributed by atoms with van der Waals surface area (Å²) in [5, 5.41) is 7.33. The fourth-order valence-electron chi connectivity index (χ4n) is 2.25. The van der Waals surface area contributed by atoms with Crippen molar-refractivity contribution >= 4 is 28.6 Å². The van der Waals surface area contributed by atoms with Crippen LogP contribution in [0.3, 0.4) is 0 Å². The molecule has 0 spiro atoms. The molecule has 1 aromatic carbocycles. The molecule has 1 aliphatic heterocycles. The van der Waals surface area contributed by atoms with Crippen molar-refractivity contribution in [2.45, 2.75) is 26.8 Å². The summed E-state index contributed by atoms with van der Waals surface area (Å²) in [6, 6.07) is 5.69. The number of rotatable bonds is 5. The van der Waals surface area contributed by atoms with Crippen molar-refractivity contribution in [3.8, 4) is 5.75 Å². The number of hydrogen-bond donors (Lipinski definition) is 2. The molecule has 0 atom stereocenters. The Balaban J connectivity index is 1.62. The van der Waals surface area contributed by atoms with E-state index in [1.807, 2.05) is 24.4 Å². The summed E-state index contributed by atoms with van der Waals surface area (Å²) < 4.78 is 5.41. The summed E-state index contributed by atoms with van der Waals surface area (Å²) in [4.78, 5) is 16.9. The highest BCUT2D eigenvalue weighted by Gasteiger charge is 2.15. The van der Waals surface area contributed by atoms with E-state index in [1.165, 1.54) is 9.88 Å². The molecule has 0 fully saturated rings. The molecule has 22 heavy (non-hydrogen) atoms. The molecule has 0 aliphatic carbocycles. The van der Waals surface area contributed by atoms with Crippen LogP contribution in [0.15, 0.2) is 24.4 Å². The van der Waals surface area contributed by atoms with Gasteiger partial charge in [-0.3, -0.25) is 4.79 Å². The average molecular weight is 317 g/mol. The van der Waals surface area contributed by atoms with Crippen LogP contribution in [0.4, 0.5) is 11.4 Å². The fraction of sp³-hybridized carbons (Fsp3) is 0.375. The van der Waals surface area contributed by atoms with Gasteiger partial charge in [-0.1, -0.05) is 13.8 Å². The lowest BCUT2D eigenvalue weighted by Gasteiger charge is -2.18. The Bertz CT molecular complexity index is 682. The predicted octanol–water partition coefficient (Wildman–Crippen LogP) is 3.28. The van der Waals surface area contributed by atoms with E-state index in [-0.39, 0.29) is 12.5 Å². The molecule has 0 unspecified atom stereocenters. The maximum absolute atomic E-state index is 11.2. The Morgan fingerprint density at radius 2 is 2.32 bits per heavy atom. The first-order chi connectivity index (χ1) is 10.6. The Labute approximate surface area is 133 Å². The molecule has 116 valence electrons. The van der Waals surface area contributed by atoms with Crippen LogP contribution in [0.5, 0.6) is 5.75 Å². The zero-order chi connectivity index (χ0) is 15.5. The molecule has 0 radical (unpaired) electrons. The quantitative estimate of drug-likeness (QED) is 0.888. The van der Waals surface area contributed by atoms with Crippen LogP contribution < -0.4 is 15.4 Å². The third-order valence-electron chi connectivity index (χ3n) is 3.27. The molecule has 0 saturated heterocycles. The molecule has 6 heteroatoms. The second-order valence-electron chi connectivity index (χ2n) is 5.72. The third-order valence-corrected chi connectivity index (χ3v) is 4.29. The monoisotopic (exact) mass is 317 g/mol. The van der Waals surface area contributed by atoms with E-state index in [2.05, 4.69) is 29.5 Å². The van der Waals surface area contributed by atoms with Gasteiger partial charge in [0.1, 0.15) is 5.75 Å². The maximum atomic E-state index is 11.2. The summed E-state index contributed by atoms with van der Waals surface area (Å²) >= 11 is 1.75. The number of thiazole rings is 1. The van der Waals surface area contributed by atoms with Crippen LogP contribution in [0.2, 0.25) is 0 Å². The number of amides is 1. The molecule has 1 aliphatic rings. The molecule has 0 saturated carbocycles. The highest BCUT2D eigenvalue weighted by atomic mass is 32.1. The van der Waals surface area contributed by atoms with E-state index >= 15 is 0 Å². The largest absolute Gasteiger partial charge is 0.482 e. The van der Waals surface area contributed by atoms with E-state index in [0.717, 1.165) is 24.3 Å². The van der Waals surface area contributed by atoms with E-state index in [4.69, 9.17) is 4.74 Å². The summed E-state index contributed by atoms with van der Waals surface area (Å²) in [6.07, 6.45) is 2.96. The molecule has 2 heterocycles. The van der Waals surface area contributed by atoms with Gasteiger partial charge in [-0.25, -0.2) is 4.98 Å². The van der Waals surface area contributed by atoms with Crippen molar-refractivity contribution in [1.82, 2.24) is 4.98 Å². The summed E-state index contributed by atoms with van der Waals surface area (Å²) in [5.74, 6) is 1.21. The summed E-state index contributed by atoms with van der Waals surface area (Å²) in [6.45, 7) is 5.21. The van der Waals surface area contributed by atoms with Crippen LogP contribution in [0.1, 0.15) is 23.7 Å². The van der Waals surface area contributed by atoms with Crippen LogP contribution in [-0.2, 0) is 17.8 Å². The third kappa shape index (κ3) is 3.57. The van der Waals surface area contributed by atoms with E-state index in [0.29, 0.717) is 11.7 Å². The smallest absolute Gasteiger partial charge is 0.262 e. The van der Waals surface area contributed by atoms with Crippen LogP contribution in [0.25, 0.3) is 0 Å². The Hall–Kier alpha value is -2.08. The van der Waals surface area contributed by atoms with E-state index < -0.39 is 0 Å². The second kappa shape index (κ2) is 6.36. The normalized spacial score (nSPS) is 13.5. The first-order valence-corrected chi connectivity index (χ1v) is 8.16. The van der Waals surface area contributed by atoms with Gasteiger partial charge in [-0.2, -0.15) is 0 Å². The first-order valence-electron chi connectivity index (χ1n) is 7.34. The van der Waals surface area contributed by atoms with Crippen molar-refractivity contribution in [3.63, 3.8) is 0 Å². The lowest BCUT2D eigenvalue weighted by atomic mass is 10.1. The number of carbonyl (C=O) groups is 1. The lowest BCUT2D eigenvalue weighted by Crippen LogP contribution is -2.25. The topological polar surface area (TPSA) is 63.3 Å². The zero-order valence-electron chi connectivity index (χ0n) is 12.7. The molecule has 1 aromatic heterocycles. The van der Waals surface area contributed by atoms with Gasteiger partial charge in [-0.05, 0) is 18.1 Å². The average Bonchev–Trinajstić information content (AvgIpc) is 2.91. The number of benzene rings is 1. The minimum Gasteiger partial charge on any atom is -0.482 e. The first kappa shape index (κ1) is 14.8. The zero-order valence-corrected chi connectivity index (χ0v) is 13.5. The lowest BCUT2D eigenvalue weighted by molar-refractivity contribution is -0.118. The van der Waals surface area contributed by atoms with Crippen molar-refractivity contribution in [2.24, 2.45) is 5.92 Å². The molecular formula is C16H19N3O2S. The highest BCUT2D eigenvalue weighted by molar-refractivity contribution is 7.11. The number of ether oxygens (including phenoxy) is 1. The van der Waals surface area contributed by atoms with Gasteiger partial charge in [0.05, 0.1) is 17.2 Å². The van der Waals surface area contributed by atoms with Crippen molar-refractivity contribution in [2.75, 3.05) is 17.2 Å². The molecule has 5 nitrogen and oxygen atoms in total. The number of carbonyl (C=O) groups excluding carboxylic acids is 1. The van der Waals surface area contributed by atoms with Gasteiger partial charge >= 0.3 is 0 Å². The van der Waals surface area contributed by atoms with Gasteiger partial charge < -0.3 is 15.4 Å². The molecule has 2 aromatic rings. The number of nitrogens with one attached hydrogen (secondary N) is 2. The second-order valence-corrected chi connectivity index (χ2v) is 6.92. The molecular weight excluding hydrogens is 298 g/mol. The van der Waals surface area contributed by atoms with Crippen molar-refractivity contribution < 1.29 is 9.53 Å². The van der Waals surface area contributed by atoms with Gasteiger partial charge in [0.25, 0.3) is 5.91 Å². The summed E-state index contributed by atoms with van der Waals surface area (Å²) in [7, 11) is 0. The van der Waals surface area contributed by atoms with Crippen LogP contribution >= 0.6 is 11.3 Å². The maximum Gasteiger partial charge on any atom is 0.262 e. The molecule has 3 rings (SSSR count). The van der Waals surface area contributed by atoms with Crippen LogP contribution in [-0.4, -0.2) is 17.5 Å². The number of fused-ring (bicyclic) bond motifs is 1. The molecule has 0 bridgehead atoms. The van der Waals surface area contributed by atoms with Gasteiger partial charge in [-0.15, -0.1) is 11.3 Å². The summed E-state index contributed by atoms with van der Waals surface area (Å²) in [5.41, 5.74) is 1.69. The Morgan fingerprint density at radius 3 is 3.14 bits per heavy atom. The van der Waals surface area contributed by atoms with Gasteiger partial charge in [0.15, 0.2) is 6.61 Å². The van der Waals surface area contributed by atoms with Gasteiger partial charge in [0, 0.05) is 29.2 Å². The predicted molar refractivity (Wildman–Crippen MR) is 88.5 cm³/mol. The van der Waals surface area contributed by atoms with E-state index in [9.17, 15) is 4.79 Å². The van der Waals surface area contributed by atoms with Crippen molar-refractivity contribution in [1.29, 1.82) is 0 Å². The van der Waals surface area contributed by atoms with Gasteiger partial charge in [0.2, 0.25) is 0 Å². The minimum absolute atomic E-state index is 0.0733. The van der Waals surface area contributed by atoms with Crippen LogP contribution in [0, 0.1) is 5.92 Å². The number of nitrogens with zero attached hydrogens (tertiary/aromatic N) is 1. The number of hydrogen-bond acceptors (Lipinski definition) is 5. The number of aromatic nitrogens is 1. The standard InChI is InChI=1S/C16H19N3O2S/c1-10(2)5-16-18-8-12(22-16)7-17-11-3-4-13-14(6-11)21-9-15(20)19-13/h3-4,6,8,10,17H,5,7,9H2,1-2H3,(H,19,20).